The molecule has 0 fully saturated rings. The predicted octanol–water partition coefficient (Wildman–Crippen LogP) is 2.15. The van der Waals surface area contributed by atoms with Crippen LogP contribution in [0.15, 0.2) is 24.3 Å². The van der Waals surface area contributed by atoms with E-state index >= 15 is 0 Å². The van der Waals surface area contributed by atoms with Crippen LogP contribution in [-0.2, 0) is 3.61 Å². The second kappa shape index (κ2) is 4.71. The first kappa shape index (κ1) is 12.1. The smallest absolute Gasteiger partial charge is 0.245 e. The second-order valence-corrected chi connectivity index (χ2v) is 5.68. The summed E-state index contributed by atoms with van der Waals surface area (Å²) in [7, 11) is 0. The van der Waals surface area contributed by atoms with Gasteiger partial charge in [0.2, 0.25) is 10.2 Å². The Hall–Kier alpha value is 0.0400. The molecule has 0 bridgehead atoms. The molecule has 0 heterocycles. The Labute approximate surface area is 108 Å². The van der Waals surface area contributed by atoms with Crippen LogP contribution < -0.4 is 0 Å². The average Bonchev–Trinajstić information content (AvgIpc) is 2.02. The number of nitrogens with zero attached hydrogens (tertiary/aromatic N) is 1. The summed E-state index contributed by atoms with van der Waals surface area (Å²) in [5.41, 5.74) is 0.581. The molecule has 1 N–H and O–H groups in total. The highest BCUT2D eigenvalue weighted by Crippen LogP contribution is 2.32. The number of hydrogen-bond donors (Lipinski definition) is 1. The minimum atomic E-state index is -1.43. The molecule has 4 nitrogen and oxygen atoms in total. The topological polar surface area (TPSA) is 63.4 Å². The number of benzene rings is 1. The molecular weight excluding hydrogens is 412 g/mol. The largest absolute Gasteiger partial charge is 0.370 e. The van der Waals surface area contributed by atoms with Gasteiger partial charge in [0.05, 0.1) is 0 Å². The van der Waals surface area contributed by atoms with Crippen molar-refractivity contribution in [3.8, 4) is 0 Å². The number of rotatable bonds is 3. The first-order valence-corrected chi connectivity index (χ1v) is 5.87. The van der Waals surface area contributed by atoms with Crippen LogP contribution in [0.5, 0.6) is 0 Å². The summed E-state index contributed by atoms with van der Waals surface area (Å²) in [6, 6.07) is 7.07. The van der Waals surface area contributed by atoms with E-state index in [0.29, 0.717) is 5.56 Å². The molecule has 0 aliphatic heterocycles. The fourth-order valence-corrected chi connectivity index (χ4v) is 3.13. The number of alkyl halides is 1. The summed E-state index contributed by atoms with van der Waals surface area (Å²) in [5, 5.41) is 20.2. The molecule has 0 radical (unpaired) electrons. The summed E-state index contributed by atoms with van der Waals surface area (Å²) >= 11 is 3.74. The van der Waals surface area contributed by atoms with Crippen LogP contribution >= 0.6 is 45.2 Å². The van der Waals surface area contributed by atoms with E-state index in [9.17, 15) is 15.2 Å². The van der Waals surface area contributed by atoms with Crippen molar-refractivity contribution in [1.29, 1.82) is 0 Å². The molecule has 1 unspecified atom stereocenters. The predicted molar refractivity (Wildman–Crippen MR) is 68.9 cm³/mol. The van der Waals surface area contributed by atoms with Gasteiger partial charge in [-0.3, -0.25) is 10.1 Å². The quantitative estimate of drug-likeness (QED) is 0.354. The zero-order valence-electron chi connectivity index (χ0n) is 6.98. The molecule has 0 aliphatic rings. The molecule has 0 saturated carbocycles. The fraction of sp³-hybridized carbons (Fsp3) is 0.250. The first-order valence-electron chi connectivity index (χ1n) is 3.71. The van der Waals surface area contributed by atoms with E-state index < -0.39 is 15.1 Å². The van der Waals surface area contributed by atoms with Gasteiger partial charge in [-0.05, 0) is 51.2 Å². The molecule has 0 aliphatic carbocycles. The van der Waals surface area contributed by atoms with Gasteiger partial charge >= 0.3 is 0 Å². The lowest BCUT2D eigenvalue weighted by molar-refractivity contribution is -0.493. The highest BCUT2D eigenvalue weighted by molar-refractivity contribution is 14.1. The van der Waals surface area contributed by atoms with Gasteiger partial charge in [0.15, 0.2) is 0 Å². The summed E-state index contributed by atoms with van der Waals surface area (Å²) in [4.78, 5) is 9.82. The summed E-state index contributed by atoms with van der Waals surface area (Å²) in [6.07, 6.45) is 0. The van der Waals surface area contributed by atoms with Crippen LogP contribution in [0.4, 0.5) is 0 Å². The van der Waals surface area contributed by atoms with Gasteiger partial charge in [-0.1, -0.05) is 18.2 Å². The second-order valence-electron chi connectivity index (χ2n) is 2.73. The maximum Gasteiger partial charge on any atom is 0.245 e. The van der Waals surface area contributed by atoms with Crippen LogP contribution in [0.1, 0.15) is 5.56 Å². The SMILES string of the molecule is O=[N+]([O-])CC(O)(I)c1ccccc1I. The number of aliphatic hydroxyl groups is 1. The molecule has 76 valence electrons. The summed E-state index contributed by atoms with van der Waals surface area (Å²) in [6.45, 7) is -0.492. The normalized spacial score (nSPS) is 14.8. The third kappa shape index (κ3) is 3.02. The Morgan fingerprint density at radius 3 is 2.57 bits per heavy atom. The van der Waals surface area contributed by atoms with Gasteiger partial charge in [0.25, 0.3) is 0 Å². The lowest BCUT2D eigenvalue weighted by atomic mass is 10.1. The molecule has 0 amide bonds. The van der Waals surface area contributed by atoms with Crippen LogP contribution in [0, 0.1) is 13.7 Å². The van der Waals surface area contributed by atoms with Gasteiger partial charge < -0.3 is 5.11 Å². The molecule has 1 aromatic carbocycles. The van der Waals surface area contributed by atoms with Crippen molar-refractivity contribution in [1.82, 2.24) is 0 Å². The molecule has 0 spiro atoms. The van der Waals surface area contributed by atoms with Crippen molar-refractivity contribution in [2.45, 2.75) is 3.61 Å². The third-order valence-electron chi connectivity index (χ3n) is 1.63. The van der Waals surface area contributed by atoms with E-state index in [-0.39, 0.29) is 0 Å². The lowest BCUT2D eigenvalue weighted by Gasteiger charge is -2.18. The molecule has 1 aromatic rings. The third-order valence-corrected chi connectivity index (χ3v) is 3.49. The summed E-state index contributed by atoms with van der Waals surface area (Å²) in [5.74, 6) is 0. The van der Waals surface area contributed by atoms with Gasteiger partial charge in [-0.2, -0.15) is 0 Å². The zero-order chi connectivity index (χ0) is 10.8. The monoisotopic (exact) mass is 419 g/mol. The minimum absolute atomic E-state index is 0.492. The molecule has 0 aromatic heterocycles. The van der Waals surface area contributed by atoms with Crippen molar-refractivity contribution >= 4 is 45.2 Å². The number of halogens is 2. The zero-order valence-corrected chi connectivity index (χ0v) is 11.3. The molecular formula is C8H7I2NO3. The van der Waals surface area contributed by atoms with Gasteiger partial charge in [-0.25, -0.2) is 0 Å². The van der Waals surface area contributed by atoms with Crippen molar-refractivity contribution in [3.05, 3.63) is 43.5 Å². The minimum Gasteiger partial charge on any atom is -0.370 e. The Balaban J connectivity index is 3.03. The molecule has 14 heavy (non-hydrogen) atoms. The molecule has 6 heteroatoms. The maximum absolute atomic E-state index is 10.3. The van der Waals surface area contributed by atoms with Gasteiger partial charge in [0, 0.05) is 14.1 Å². The fourth-order valence-electron chi connectivity index (χ4n) is 1.03. The number of nitro groups is 1. The highest BCUT2D eigenvalue weighted by Gasteiger charge is 2.33. The van der Waals surface area contributed by atoms with Gasteiger partial charge in [0.1, 0.15) is 0 Å². The van der Waals surface area contributed by atoms with E-state index in [2.05, 4.69) is 0 Å². The average molecular weight is 419 g/mol. The van der Waals surface area contributed by atoms with E-state index in [4.69, 9.17) is 0 Å². The highest BCUT2D eigenvalue weighted by atomic mass is 127. The van der Waals surface area contributed by atoms with Crippen LogP contribution in [0.3, 0.4) is 0 Å². The lowest BCUT2D eigenvalue weighted by Crippen LogP contribution is -2.28. The van der Waals surface area contributed by atoms with E-state index in [0.717, 1.165) is 3.57 Å². The maximum atomic E-state index is 10.3. The van der Waals surface area contributed by atoms with E-state index in [1.54, 1.807) is 40.8 Å². The van der Waals surface area contributed by atoms with Crippen molar-refractivity contribution in [3.63, 3.8) is 0 Å². The Bertz CT molecular complexity index is 354. The van der Waals surface area contributed by atoms with Crippen molar-refractivity contribution in [2.75, 3.05) is 6.54 Å². The van der Waals surface area contributed by atoms with Crippen LogP contribution in [-0.4, -0.2) is 16.6 Å². The van der Waals surface area contributed by atoms with Crippen LogP contribution in [0.2, 0.25) is 0 Å². The van der Waals surface area contributed by atoms with E-state index in [1.807, 2.05) is 28.7 Å². The number of hydrogen-bond acceptors (Lipinski definition) is 3. The van der Waals surface area contributed by atoms with Crippen molar-refractivity contribution < 1.29 is 10.0 Å². The standard InChI is InChI=1S/C8H7I2NO3/c9-7-4-2-1-3-6(7)8(10,12)5-11(13)14/h1-4,12H,5H2. The molecule has 0 saturated heterocycles. The van der Waals surface area contributed by atoms with Gasteiger partial charge in [-0.15, -0.1) is 0 Å². The molecule has 1 rings (SSSR count). The van der Waals surface area contributed by atoms with E-state index in [1.165, 1.54) is 0 Å². The molecule has 1 atom stereocenters. The Morgan fingerprint density at radius 2 is 2.07 bits per heavy atom. The first-order chi connectivity index (χ1) is 6.43. The summed E-state index contributed by atoms with van der Waals surface area (Å²) < 4.78 is -0.608. The van der Waals surface area contributed by atoms with Crippen molar-refractivity contribution in [2.24, 2.45) is 0 Å². The Morgan fingerprint density at radius 1 is 1.50 bits per heavy atom. The Kier molecular flexibility index (Phi) is 4.07. The van der Waals surface area contributed by atoms with Crippen LogP contribution in [0.25, 0.3) is 0 Å².